The molecule has 1 saturated carbocycles. The standard InChI is InChI=1S/C15H17BrClNO3/c1-9-4-2-3-7-15(9,14(20)21)18-13(19)10-5-6-12(17)11(16)8-10/h5-6,8-9H,2-4,7H2,1H3,(H,18,19)(H,20,21). The quantitative estimate of drug-likeness (QED) is 0.844. The van der Waals surface area contributed by atoms with Gasteiger partial charge in [0.1, 0.15) is 5.54 Å². The van der Waals surface area contributed by atoms with Crippen molar-refractivity contribution in [2.75, 3.05) is 0 Å². The van der Waals surface area contributed by atoms with E-state index < -0.39 is 11.5 Å². The molecular formula is C15H17BrClNO3. The molecule has 0 radical (unpaired) electrons. The van der Waals surface area contributed by atoms with Gasteiger partial charge in [-0.1, -0.05) is 31.4 Å². The fourth-order valence-electron chi connectivity index (χ4n) is 2.82. The molecule has 0 spiro atoms. The summed E-state index contributed by atoms with van der Waals surface area (Å²) >= 11 is 9.17. The van der Waals surface area contributed by atoms with E-state index in [-0.39, 0.29) is 11.8 Å². The van der Waals surface area contributed by atoms with Gasteiger partial charge in [0, 0.05) is 10.0 Å². The molecule has 2 unspecified atom stereocenters. The van der Waals surface area contributed by atoms with Crippen LogP contribution in [0.25, 0.3) is 0 Å². The Labute approximate surface area is 137 Å². The molecule has 0 bridgehead atoms. The summed E-state index contributed by atoms with van der Waals surface area (Å²) in [5.41, 5.74) is -0.786. The van der Waals surface area contributed by atoms with Crippen LogP contribution in [-0.4, -0.2) is 22.5 Å². The van der Waals surface area contributed by atoms with Crippen LogP contribution in [0.1, 0.15) is 43.0 Å². The van der Waals surface area contributed by atoms with Crippen molar-refractivity contribution in [1.82, 2.24) is 5.32 Å². The molecule has 0 aliphatic heterocycles. The maximum Gasteiger partial charge on any atom is 0.329 e. The summed E-state index contributed by atoms with van der Waals surface area (Å²) in [6.45, 7) is 1.88. The molecule has 114 valence electrons. The molecular weight excluding hydrogens is 358 g/mol. The van der Waals surface area contributed by atoms with Gasteiger partial charge in [-0.25, -0.2) is 4.79 Å². The minimum absolute atomic E-state index is 0.0940. The molecule has 1 aromatic carbocycles. The van der Waals surface area contributed by atoms with E-state index in [0.717, 1.165) is 19.3 Å². The van der Waals surface area contributed by atoms with Crippen LogP contribution in [0.4, 0.5) is 0 Å². The van der Waals surface area contributed by atoms with E-state index in [1.807, 2.05) is 6.92 Å². The maximum absolute atomic E-state index is 12.4. The number of amides is 1. The number of carbonyl (C=O) groups excluding carboxylic acids is 1. The number of carboxylic acid groups (broad SMARTS) is 1. The molecule has 1 amide bonds. The van der Waals surface area contributed by atoms with Crippen molar-refractivity contribution in [2.45, 2.75) is 38.1 Å². The van der Waals surface area contributed by atoms with Crippen molar-refractivity contribution in [2.24, 2.45) is 5.92 Å². The zero-order chi connectivity index (χ0) is 15.6. The Balaban J connectivity index is 2.26. The first kappa shape index (κ1) is 16.3. The van der Waals surface area contributed by atoms with E-state index in [1.165, 1.54) is 0 Å². The number of rotatable bonds is 3. The van der Waals surface area contributed by atoms with Crippen LogP contribution in [0.5, 0.6) is 0 Å². The lowest BCUT2D eigenvalue weighted by Crippen LogP contribution is -2.60. The molecule has 6 heteroatoms. The van der Waals surface area contributed by atoms with Crippen LogP contribution >= 0.6 is 27.5 Å². The van der Waals surface area contributed by atoms with Gasteiger partial charge < -0.3 is 10.4 Å². The molecule has 1 aliphatic rings. The summed E-state index contributed by atoms with van der Waals surface area (Å²) in [7, 11) is 0. The number of aliphatic carboxylic acids is 1. The molecule has 0 aromatic heterocycles. The summed E-state index contributed by atoms with van der Waals surface area (Å²) in [5.74, 6) is -1.44. The van der Waals surface area contributed by atoms with E-state index >= 15 is 0 Å². The van der Waals surface area contributed by atoms with E-state index in [1.54, 1.807) is 18.2 Å². The van der Waals surface area contributed by atoms with Crippen LogP contribution in [0.3, 0.4) is 0 Å². The third kappa shape index (κ3) is 3.24. The fraction of sp³-hybridized carbons (Fsp3) is 0.467. The van der Waals surface area contributed by atoms with E-state index in [9.17, 15) is 14.7 Å². The van der Waals surface area contributed by atoms with Gasteiger partial charge in [-0.3, -0.25) is 4.79 Å². The number of halogens is 2. The van der Waals surface area contributed by atoms with Gasteiger partial charge in [-0.15, -0.1) is 0 Å². The predicted octanol–water partition coefficient (Wildman–Crippen LogP) is 3.87. The zero-order valence-corrected chi connectivity index (χ0v) is 14.0. The van der Waals surface area contributed by atoms with E-state index in [2.05, 4.69) is 21.2 Å². The second-order valence-corrected chi connectivity index (χ2v) is 6.77. The highest BCUT2D eigenvalue weighted by Crippen LogP contribution is 2.34. The third-order valence-electron chi connectivity index (χ3n) is 4.20. The average molecular weight is 375 g/mol. The second kappa shape index (κ2) is 6.36. The van der Waals surface area contributed by atoms with Crippen LogP contribution in [0.2, 0.25) is 5.02 Å². The van der Waals surface area contributed by atoms with Crippen molar-refractivity contribution in [3.05, 3.63) is 33.3 Å². The number of benzene rings is 1. The Morgan fingerprint density at radius 1 is 1.43 bits per heavy atom. The minimum Gasteiger partial charge on any atom is -0.479 e. The Morgan fingerprint density at radius 2 is 2.14 bits per heavy atom. The van der Waals surface area contributed by atoms with Gasteiger partial charge in [-0.05, 0) is 52.9 Å². The number of carbonyl (C=O) groups is 2. The van der Waals surface area contributed by atoms with E-state index in [4.69, 9.17) is 11.6 Å². The van der Waals surface area contributed by atoms with Crippen molar-refractivity contribution in [1.29, 1.82) is 0 Å². The lowest BCUT2D eigenvalue weighted by Gasteiger charge is -2.39. The number of hydrogen-bond donors (Lipinski definition) is 2. The van der Waals surface area contributed by atoms with Crippen molar-refractivity contribution >= 4 is 39.4 Å². The zero-order valence-electron chi connectivity index (χ0n) is 11.7. The number of carboxylic acids is 1. The summed E-state index contributed by atoms with van der Waals surface area (Å²) in [6.07, 6.45) is 3.07. The molecule has 4 nitrogen and oxygen atoms in total. The van der Waals surface area contributed by atoms with Crippen molar-refractivity contribution < 1.29 is 14.7 Å². The Bertz CT molecular complexity index is 578. The lowest BCUT2D eigenvalue weighted by molar-refractivity contribution is -0.148. The molecule has 0 heterocycles. The first-order chi connectivity index (χ1) is 9.86. The smallest absolute Gasteiger partial charge is 0.329 e. The maximum atomic E-state index is 12.4. The number of nitrogens with one attached hydrogen (secondary N) is 1. The van der Waals surface area contributed by atoms with Gasteiger partial charge >= 0.3 is 5.97 Å². The highest BCUT2D eigenvalue weighted by Gasteiger charge is 2.46. The topological polar surface area (TPSA) is 66.4 Å². The normalized spacial score (nSPS) is 25.4. The summed E-state index contributed by atoms with van der Waals surface area (Å²) in [6, 6.07) is 4.80. The molecule has 2 atom stereocenters. The molecule has 1 fully saturated rings. The van der Waals surface area contributed by atoms with Crippen LogP contribution < -0.4 is 5.32 Å². The van der Waals surface area contributed by atoms with Gasteiger partial charge in [0.2, 0.25) is 0 Å². The minimum atomic E-state index is -1.18. The monoisotopic (exact) mass is 373 g/mol. The van der Waals surface area contributed by atoms with Gasteiger partial charge in [0.05, 0.1) is 5.02 Å². The fourth-order valence-corrected chi connectivity index (χ4v) is 3.31. The average Bonchev–Trinajstić information content (AvgIpc) is 2.44. The SMILES string of the molecule is CC1CCCCC1(NC(=O)c1ccc(Cl)c(Br)c1)C(=O)O. The number of hydrogen-bond acceptors (Lipinski definition) is 2. The summed E-state index contributed by atoms with van der Waals surface area (Å²) in [5, 5.41) is 12.9. The first-order valence-electron chi connectivity index (χ1n) is 6.88. The highest BCUT2D eigenvalue weighted by atomic mass is 79.9. The van der Waals surface area contributed by atoms with Crippen molar-refractivity contribution in [3.63, 3.8) is 0 Å². The largest absolute Gasteiger partial charge is 0.479 e. The van der Waals surface area contributed by atoms with E-state index in [0.29, 0.717) is 21.5 Å². The highest BCUT2D eigenvalue weighted by molar-refractivity contribution is 9.10. The van der Waals surface area contributed by atoms with Crippen LogP contribution in [-0.2, 0) is 4.79 Å². The summed E-state index contributed by atoms with van der Waals surface area (Å²) < 4.78 is 0.609. The summed E-state index contributed by atoms with van der Waals surface area (Å²) in [4.78, 5) is 24.1. The van der Waals surface area contributed by atoms with Crippen LogP contribution in [0, 0.1) is 5.92 Å². The van der Waals surface area contributed by atoms with Crippen molar-refractivity contribution in [3.8, 4) is 0 Å². The Morgan fingerprint density at radius 3 is 2.71 bits per heavy atom. The Hall–Kier alpha value is -1.07. The predicted molar refractivity (Wildman–Crippen MR) is 84.6 cm³/mol. The molecule has 1 aromatic rings. The molecule has 0 saturated heterocycles. The van der Waals surface area contributed by atoms with Gasteiger partial charge in [0.25, 0.3) is 5.91 Å². The van der Waals surface area contributed by atoms with Gasteiger partial charge in [0.15, 0.2) is 0 Å². The third-order valence-corrected chi connectivity index (χ3v) is 5.41. The molecule has 21 heavy (non-hydrogen) atoms. The molecule has 1 aliphatic carbocycles. The molecule has 2 rings (SSSR count). The Kier molecular flexibility index (Phi) is 4.94. The molecule has 2 N–H and O–H groups in total. The first-order valence-corrected chi connectivity index (χ1v) is 8.05. The lowest BCUT2D eigenvalue weighted by atomic mass is 9.73. The van der Waals surface area contributed by atoms with Crippen LogP contribution in [0.15, 0.2) is 22.7 Å². The van der Waals surface area contributed by atoms with Gasteiger partial charge in [-0.2, -0.15) is 0 Å². The second-order valence-electron chi connectivity index (χ2n) is 5.51.